The van der Waals surface area contributed by atoms with Crippen LogP contribution in [0.1, 0.15) is 91.9 Å². The van der Waals surface area contributed by atoms with E-state index in [1.165, 1.54) is 57.8 Å². The minimum Gasteiger partial charge on any atom is -0.351 e. The summed E-state index contributed by atoms with van der Waals surface area (Å²) in [5.74, 6) is 0. The fourth-order valence-electron chi connectivity index (χ4n) is 2.57. The highest BCUT2D eigenvalue weighted by atomic mass is 28.4. The van der Waals surface area contributed by atoms with Gasteiger partial charge in [0.2, 0.25) is 0 Å². The van der Waals surface area contributed by atoms with Crippen molar-refractivity contribution in [1.82, 2.24) is 0 Å². The lowest BCUT2D eigenvalue weighted by atomic mass is 10.1. The van der Waals surface area contributed by atoms with Gasteiger partial charge in [0.05, 0.1) is 0 Å². The number of hydrogen-bond donors (Lipinski definition) is 0. The Bertz CT molecular complexity index is 222. The molecule has 0 aromatic carbocycles. The Balaban J connectivity index is 3.65. The molecule has 0 N–H and O–H groups in total. The second-order valence-electron chi connectivity index (χ2n) is 5.83. The van der Waals surface area contributed by atoms with Crippen LogP contribution in [-0.2, 0) is 17.7 Å². The summed E-state index contributed by atoms with van der Waals surface area (Å²) in [5, 5.41) is 0. The molecule has 0 atom stereocenters. The molecule has 0 heterocycles. The van der Waals surface area contributed by atoms with Gasteiger partial charge in [0.15, 0.2) is 0 Å². The van der Waals surface area contributed by atoms with Gasteiger partial charge in [-0.2, -0.15) is 0 Å². The summed E-state index contributed by atoms with van der Waals surface area (Å²) in [6.45, 7) is 10.5. The Kier molecular flexibility index (Phi) is 16.9. The van der Waals surface area contributed by atoms with E-state index in [0.29, 0.717) is 26.4 Å². The SMILES string of the molecule is CCCCCCCCCCCCO[Si](OCC)(OCC)OCC. The van der Waals surface area contributed by atoms with Gasteiger partial charge < -0.3 is 17.7 Å². The van der Waals surface area contributed by atoms with Crippen LogP contribution in [0.15, 0.2) is 0 Å². The Hall–Kier alpha value is 0.0569. The molecule has 140 valence electrons. The maximum absolute atomic E-state index is 5.90. The molecule has 0 aliphatic heterocycles. The third kappa shape index (κ3) is 13.1. The van der Waals surface area contributed by atoms with Crippen molar-refractivity contribution in [2.24, 2.45) is 0 Å². The Labute approximate surface area is 145 Å². The summed E-state index contributed by atoms with van der Waals surface area (Å²) < 4.78 is 22.9. The lowest BCUT2D eigenvalue weighted by molar-refractivity contribution is -0.0280. The van der Waals surface area contributed by atoms with Gasteiger partial charge in [-0.15, -0.1) is 0 Å². The van der Waals surface area contributed by atoms with Gasteiger partial charge in [-0.3, -0.25) is 0 Å². The highest BCUT2D eigenvalue weighted by Crippen LogP contribution is 2.14. The van der Waals surface area contributed by atoms with Crippen LogP contribution in [0.2, 0.25) is 0 Å². The third-order valence-corrected chi connectivity index (χ3v) is 6.22. The van der Waals surface area contributed by atoms with Crippen molar-refractivity contribution in [3.8, 4) is 0 Å². The molecule has 0 unspecified atom stereocenters. The molecule has 0 bridgehead atoms. The molecule has 5 heteroatoms. The molecule has 23 heavy (non-hydrogen) atoms. The summed E-state index contributed by atoms with van der Waals surface area (Å²) >= 11 is 0. The zero-order valence-corrected chi connectivity index (χ0v) is 17.0. The first-order chi connectivity index (χ1) is 11.2. The Morgan fingerprint density at radius 3 is 1.26 bits per heavy atom. The molecule has 0 aliphatic rings. The van der Waals surface area contributed by atoms with Gasteiger partial charge in [0.25, 0.3) is 0 Å². The third-order valence-electron chi connectivity index (χ3n) is 3.74. The van der Waals surface area contributed by atoms with Crippen molar-refractivity contribution in [3.63, 3.8) is 0 Å². The number of hydrogen-bond acceptors (Lipinski definition) is 4. The highest BCUT2D eigenvalue weighted by molar-refractivity contribution is 6.53. The van der Waals surface area contributed by atoms with Gasteiger partial charge in [-0.25, -0.2) is 0 Å². The van der Waals surface area contributed by atoms with Gasteiger partial charge in [0.1, 0.15) is 0 Å². The Morgan fingerprint density at radius 2 is 0.870 bits per heavy atom. The van der Waals surface area contributed by atoms with Crippen molar-refractivity contribution >= 4 is 9.05 Å². The van der Waals surface area contributed by atoms with Crippen LogP contribution in [0.3, 0.4) is 0 Å². The van der Waals surface area contributed by atoms with Crippen LogP contribution in [0.4, 0.5) is 0 Å². The van der Waals surface area contributed by atoms with E-state index in [2.05, 4.69) is 6.92 Å². The molecule has 0 aromatic rings. The van der Waals surface area contributed by atoms with Gasteiger partial charge >= 0.3 is 9.05 Å². The smallest absolute Gasteiger partial charge is 0.351 e. The monoisotopic (exact) mass is 348 g/mol. The van der Waals surface area contributed by atoms with E-state index >= 15 is 0 Å². The average molecular weight is 349 g/mol. The van der Waals surface area contributed by atoms with Crippen LogP contribution < -0.4 is 0 Å². The first kappa shape index (κ1) is 23.1. The molecular weight excluding hydrogens is 308 g/mol. The lowest BCUT2D eigenvalue weighted by Gasteiger charge is -2.26. The quantitative estimate of drug-likeness (QED) is 0.243. The molecule has 0 rings (SSSR count). The lowest BCUT2D eigenvalue weighted by Crippen LogP contribution is -2.49. The fourth-order valence-corrected chi connectivity index (χ4v) is 4.52. The topological polar surface area (TPSA) is 36.9 Å². The summed E-state index contributed by atoms with van der Waals surface area (Å²) in [6.07, 6.45) is 13.2. The molecule has 0 fully saturated rings. The van der Waals surface area contributed by atoms with Crippen molar-refractivity contribution in [1.29, 1.82) is 0 Å². The van der Waals surface area contributed by atoms with Crippen molar-refractivity contribution in [3.05, 3.63) is 0 Å². The van der Waals surface area contributed by atoms with E-state index in [0.717, 1.165) is 6.42 Å². The predicted molar refractivity (Wildman–Crippen MR) is 98.4 cm³/mol. The summed E-state index contributed by atoms with van der Waals surface area (Å²) in [5.41, 5.74) is 0. The van der Waals surface area contributed by atoms with Crippen LogP contribution in [0.5, 0.6) is 0 Å². The van der Waals surface area contributed by atoms with Crippen molar-refractivity contribution < 1.29 is 17.7 Å². The molecule has 0 aromatic heterocycles. The predicted octanol–water partition coefficient (Wildman–Crippen LogP) is 5.47. The number of rotatable bonds is 18. The van der Waals surface area contributed by atoms with Gasteiger partial charge in [-0.05, 0) is 27.2 Å². The minimum atomic E-state index is -2.89. The normalized spacial score (nSPS) is 12.0. The van der Waals surface area contributed by atoms with Crippen molar-refractivity contribution in [2.75, 3.05) is 26.4 Å². The molecule has 0 saturated carbocycles. The van der Waals surface area contributed by atoms with E-state index in [1.54, 1.807) is 0 Å². The van der Waals surface area contributed by atoms with E-state index in [-0.39, 0.29) is 0 Å². The van der Waals surface area contributed by atoms with E-state index in [9.17, 15) is 0 Å². The first-order valence-corrected chi connectivity index (χ1v) is 11.4. The first-order valence-electron chi connectivity index (χ1n) is 9.80. The van der Waals surface area contributed by atoms with E-state index in [4.69, 9.17) is 17.7 Å². The Morgan fingerprint density at radius 1 is 0.478 bits per heavy atom. The van der Waals surface area contributed by atoms with Crippen LogP contribution >= 0.6 is 0 Å². The maximum Gasteiger partial charge on any atom is 0.679 e. The standard InChI is InChI=1S/C18H40O4Si/c1-5-9-10-11-12-13-14-15-16-17-18-22-23(19-6-2,20-7-3)21-8-4/h5-18H2,1-4H3. The fraction of sp³-hybridized carbons (Fsp3) is 1.00. The largest absolute Gasteiger partial charge is 0.679 e. The zero-order valence-electron chi connectivity index (χ0n) is 16.0. The van der Waals surface area contributed by atoms with E-state index in [1.807, 2.05) is 20.8 Å². The molecule has 0 saturated heterocycles. The van der Waals surface area contributed by atoms with Gasteiger partial charge in [0, 0.05) is 26.4 Å². The average Bonchev–Trinajstić information content (AvgIpc) is 2.53. The zero-order chi connectivity index (χ0) is 17.2. The molecule has 0 aliphatic carbocycles. The second kappa shape index (κ2) is 16.9. The van der Waals surface area contributed by atoms with E-state index < -0.39 is 9.05 Å². The molecule has 0 amide bonds. The molecule has 0 radical (unpaired) electrons. The number of unbranched alkanes of at least 4 members (excludes halogenated alkanes) is 9. The summed E-state index contributed by atoms with van der Waals surface area (Å²) in [4.78, 5) is 0. The van der Waals surface area contributed by atoms with Crippen LogP contribution in [0, 0.1) is 0 Å². The summed E-state index contributed by atoms with van der Waals surface area (Å²) in [7, 11) is -2.89. The van der Waals surface area contributed by atoms with Gasteiger partial charge in [-0.1, -0.05) is 64.7 Å². The molecular formula is C18H40O4Si. The molecule has 0 spiro atoms. The maximum atomic E-state index is 5.90. The minimum absolute atomic E-state index is 0.560. The highest BCUT2D eigenvalue weighted by Gasteiger charge is 2.44. The van der Waals surface area contributed by atoms with Crippen molar-refractivity contribution in [2.45, 2.75) is 91.9 Å². The molecule has 4 nitrogen and oxygen atoms in total. The second-order valence-corrected chi connectivity index (χ2v) is 7.98. The summed E-state index contributed by atoms with van der Waals surface area (Å²) in [6, 6.07) is 0. The van der Waals surface area contributed by atoms with Crippen LogP contribution in [-0.4, -0.2) is 35.5 Å². The van der Waals surface area contributed by atoms with Crippen LogP contribution in [0.25, 0.3) is 0 Å².